The molecule has 0 unspecified atom stereocenters. The largest absolute Gasteiger partial charge is 0.507 e. The molecule has 0 aliphatic carbocycles. The standard InChI is InChI=1S/C25H27NO5/c1-4-15-26-22(17-7-11-19(12-8-17)30-6-3)21(24(28)25(26)29)23(27)18-9-13-20(14-10-18)31-16-5-2/h4,7-14,22,27H,1,5-6,15-16H2,2-3H3/t22-/m0/s1. The predicted molar refractivity (Wildman–Crippen MR) is 119 cm³/mol. The highest BCUT2D eigenvalue weighted by Crippen LogP contribution is 2.39. The molecule has 2 aromatic rings. The lowest BCUT2D eigenvalue weighted by Gasteiger charge is -2.24. The molecule has 0 radical (unpaired) electrons. The molecule has 1 atom stereocenters. The van der Waals surface area contributed by atoms with Crippen LogP contribution in [0.25, 0.3) is 5.76 Å². The van der Waals surface area contributed by atoms with Crippen molar-refractivity contribution >= 4 is 17.4 Å². The molecule has 1 aliphatic rings. The summed E-state index contributed by atoms with van der Waals surface area (Å²) >= 11 is 0. The smallest absolute Gasteiger partial charge is 0.295 e. The van der Waals surface area contributed by atoms with E-state index in [0.717, 1.165) is 6.42 Å². The first-order valence-electron chi connectivity index (χ1n) is 10.4. The van der Waals surface area contributed by atoms with E-state index in [2.05, 4.69) is 6.58 Å². The minimum atomic E-state index is -0.718. The van der Waals surface area contributed by atoms with Gasteiger partial charge in [-0.05, 0) is 55.3 Å². The summed E-state index contributed by atoms with van der Waals surface area (Å²) in [4.78, 5) is 27.0. The summed E-state index contributed by atoms with van der Waals surface area (Å²) in [6.45, 7) is 8.92. The van der Waals surface area contributed by atoms with Gasteiger partial charge in [0.2, 0.25) is 0 Å². The number of ether oxygens (including phenoxy) is 2. The molecular weight excluding hydrogens is 394 g/mol. The summed E-state index contributed by atoms with van der Waals surface area (Å²) < 4.78 is 11.1. The Morgan fingerprint density at radius 2 is 1.65 bits per heavy atom. The molecule has 0 spiro atoms. The Morgan fingerprint density at radius 3 is 2.23 bits per heavy atom. The van der Waals surface area contributed by atoms with E-state index in [1.165, 1.54) is 4.90 Å². The van der Waals surface area contributed by atoms with Crippen molar-refractivity contribution in [3.05, 3.63) is 77.9 Å². The van der Waals surface area contributed by atoms with Gasteiger partial charge in [0.25, 0.3) is 11.7 Å². The molecule has 1 fully saturated rings. The Bertz CT molecular complexity index is 976. The second kappa shape index (κ2) is 9.98. The maximum atomic E-state index is 12.9. The molecule has 0 saturated carbocycles. The first kappa shape index (κ1) is 22.2. The number of ketones is 1. The summed E-state index contributed by atoms with van der Waals surface area (Å²) in [5, 5.41) is 11.0. The van der Waals surface area contributed by atoms with Crippen molar-refractivity contribution in [3.63, 3.8) is 0 Å². The van der Waals surface area contributed by atoms with E-state index in [1.54, 1.807) is 54.6 Å². The zero-order valence-corrected chi connectivity index (χ0v) is 17.8. The molecular formula is C25H27NO5. The van der Waals surface area contributed by atoms with E-state index in [1.807, 2.05) is 13.8 Å². The van der Waals surface area contributed by atoms with Gasteiger partial charge < -0.3 is 19.5 Å². The van der Waals surface area contributed by atoms with Crippen LogP contribution in [0.1, 0.15) is 37.4 Å². The van der Waals surface area contributed by atoms with Gasteiger partial charge in [0, 0.05) is 12.1 Å². The lowest BCUT2D eigenvalue weighted by molar-refractivity contribution is -0.139. The van der Waals surface area contributed by atoms with Gasteiger partial charge in [0.05, 0.1) is 24.8 Å². The van der Waals surface area contributed by atoms with Gasteiger partial charge in [-0.15, -0.1) is 6.58 Å². The minimum absolute atomic E-state index is 0.0539. The van der Waals surface area contributed by atoms with Gasteiger partial charge in [0.1, 0.15) is 17.3 Å². The molecule has 2 aromatic carbocycles. The molecule has 1 saturated heterocycles. The van der Waals surface area contributed by atoms with Gasteiger partial charge in [-0.2, -0.15) is 0 Å². The summed E-state index contributed by atoms with van der Waals surface area (Å²) in [5.41, 5.74) is 1.20. The molecule has 6 nitrogen and oxygen atoms in total. The molecule has 0 bridgehead atoms. The molecule has 31 heavy (non-hydrogen) atoms. The number of hydrogen-bond donors (Lipinski definition) is 1. The van der Waals surface area contributed by atoms with E-state index in [0.29, 0.717) is 35.8 Å². The third-order valence-corrected chi connectivity index (χ3v) is 4.97. The quantitative estimate of drug-likeness (QED) is 0.280. The second-order valence-corrected chi connectivity index (χ2v) is 7.12. The highest BCUT2D eigenvalue weighted by Gasteiger charge is 2.45. The Hall–Kier alpha value is -3.54. The van der Waals surface area contributed by atoms with Crippen LogP contribution in [0.4, 0.5) is 0 Å². The normalized spacial score (nSPS) is 17.6. The minimum Gasteiger partial charge on any atom is -0.507 e. The fourth-order valence-corrected chi connectivity index (χ4v) is 3.55. The average molecular weight is 421 g/mol. The summed E-state index contributed by atoms with van der Waals surface area (Å²) in [5.74, 6) is -0.234. The first-order valence-corrected chi connectivity index (χ1v) is 10.4. The van der Waals surface area contributed by atoms with Crippen molar-refractivity contribution in [2.45, 2.75) is 26.3 Å². The molecule has 6 heteroatoms. The van der Waals surface area contributed by atoms with Crippen molar-refractivity contribution in [1.82, 2.24) is 4.90 Å². The topological polar surface area (TPSA) is 76.1 Å². The highest BCUT2D eigenvalue weighted by atomic mass is 16.5. The second-order valence-electron chi connectivity index (χ2n) is 7.12. The van der Waals surface area contributed by atoms with E-state index < -0.39 is 17.7 Å². The number of carbonyl (C=O) groups excluding carboxylic acids is 2. The van der Waals surface area contributed by atoms with Crippen molar-refractivity contribution in [2.75, 3.05) is 19.8 Å². The van der Waals surface area contributed by atoms with E-state index >= 15 is 0 Å². The highest BCUT2D eigenvalue weighted by molar-refractivity contribution is 6.46. The van der Waals surface area contributed by atoms with E-state index in [9.17, 15) is 14.7 Å². The maximum Gasteiger partial charge on any atom is 0.295 e. The van der Waals surface area contributed by atoms with Crippen LogP contribution in [-0.2, 0) is 9.59 Å². The molecule has 1 aliphatic heterocycles. The summed E-state index contributed by atoms with van der Waals surface area (Å²) in [6.07, 6.45) is 2.45. The number of likely N-dealkylation sites (tertiary alicyclic amines) is 1. The number of Topliss-reactive ketones (excluding diaryl/α,β-unsaturated/α-hetero) is 1. The number of hydrogen-bond acceptors (Lipinski definition) is 5. The third-order valence-electron chi connectivity index (χ3n) is 4.97. The molecule has 1 heterocycles. The zero-order chi connectivity index (χ0) is 22.4. The van der Waals surface area contributed by atoms with E-state index in [-0.39, 0.29) is 17.9 Å². The number of amides is 1. The van der Waals surface area contributed by atoms with Gasteiger partial charge in [-0.1, -0.05) is 25.1 Å². The predicted octanol–water partition coefficient (Wildman–Crippen LogP) is 4.48. The number of carbonyl (C=O) groups is 2. The van der Waals surface area contributed by atoms with E-state index in [4.69, 9.17) is 9.47 Å². The first-order chi connectivity index (χ1) is 15.0. The SMILES string of the molecule is C=CCN1C(=O)C(=O)C(=C(O)c2ccc(OCCC)cc2)[C@@H]1c1ccc(OCC)cc1. The van der Waals surface area contributed by atoms with Crippen LogP contribution in [-0.4, -0.2) is 41.5 Å². The van der Waals surface area contributed by atoms with Crippen LogP contribution in [0.15, 0.2) is 66.8 Å². The van der Waals surface area contributed by atoms with Crippen LogP contribution in [0, 0.1) is 0 Å². The molecule has 162 valence electrons. The maximum absolute atomic E-state index is 12.9. The van der Waals surface area contributed by atoms with Crippen LogP contribution in [0.3, 0.4) is 0 Å². The Labute approximate surface area is 182 Å². The van der Waals surface area contributed by atoms with Crippen molar-refractivity contribution in [1.29, 1.82) is 0 Å². The summed E-state index contributed by atoms with van der Waals surface area (Å²) in [6, 6.07) is 13.3. The summed E-state index contributed by atoms with van der Waals surface area (Å²) in [7, 11) is 0. The number of nitrogens with zero attached hydrogens (tertiary/aromatic N) is 1. The van der Waals surface area contributed by atoms with Gasteiger partial charge in [-0.3, -0.25) is 9.59 Å². The van der Waals surface area contributed by atoms with Gasteiger partial charge in [-0.25, -0.2) is 0 Å². The van der Waals surface area contributed by atoms with Gasteiger partial charge >= 0.3 is 0 Å². The molecule has 0 aromatic heterocycles. The molecule has 3 rings (SSSR count). The van der Waals surface area contributed by atoms with Crippen molar-refractivity contribution in [3.8, 4) is 11.5 Å². The lowest BCUT2D eigenvalue weighted by Crippen LogP contribution is -2.29. The lowest BCUT2D eigenvalue weighted by atomic mass is 9.95. The Kier molecular flexibility index (Phi) is 7.13. The zero-order valence-electron chi connectivity index (χ0n) is 17.8. The molecule has 1 amide bonds. The molecule has 1 N–H and O–H groups in total. The fourth-order valence-electron chi connectivity index (χ4n) is 3.55. The number of rotatable bonds is 9. The average Bonchev–Trinajstić information content (AvgIpc) is 3.03. The van der Waals surface area contributed by atoms with Crippen molar-refractivity contribution < 1.29 is 24.2 Å². The van der Waals surface area contributed by atoms with Crippen molar-refractivity contribution in [2.24, 2.45) is 0 Å². The van der Waals surface area contributed by atoms with Crippen LogP contribution < -0.4 is 9.47 Å². The number of aliphatic hydroxyl groups is 1. The third kappa shape index (κ3) is 4.63. The van der Waals surface area contributed by atoms with Crippen LogP contribution in [0.2, 0.25) is 0 Å². The number of aliphatic hydroxyl groups excluding tert-OH is 1. The number of benzene rings is 2. The van der Waals surface area contributed by atoms with Gasteiger partial charge in [0.15, 0.2) is 0 Å². The monoisotopic (exact) mass is 421 g/mol. The van der Waals surface area contributed by atoms with Crippen LogP contribution >= 0.6 is 0 Å². The Balaban J connectivity index is 2.04. The Morgan fingerprint density at radius 1 is 1.03 bits per heavy atom. The van der Waals surface area contributed by atoms with Crippen LogP contribution in [0.5, 0.6) is 11.5 Å². The fraction of sp³-hybridized carbons (Fsp3) is 0.280.